The fourth-order valence-corrected chi connectivity index (χ4v) is 3.28. The lowest BCUT2D eigenvalue weighted by Crippen LogP contribution is -2.50. The second kappa shape index (κ2) is 6.70. The largest absolute Gasteiger partial charge is 0.381 e. The maximum atomic E-state index is 6.07. The number of aromatic nitrogens is 2. The Morgan fingerprint density at radius 3 is 3.00 bits per heavy atom. The van der Waals surface area contributed by atoms with Gasteiger partial charge >= 0.3 is 0 Å². The Hall–Kier alpha value is -0.910. The highest BCUT2D eigenvalue weighted by Crippen LogP contribution is 2.34. The number of ether oxygens (including phenoxy) is 2. The zero-order valence-corrected chi connectivity index (χ0v) is 12.1. The van der Waals surface area contributed by atoms with Crippen LogP contribution in [0.3, 0.4) is 0 Å². The van der Waals surface area contributed by atoms with Gasteiger partial charge in [0.25, 0.3) is 0 Å². The normalized spacial score (nSPS) is 25.9. The molecule has 1 N–H and O–H groups in total. The molecule has 3 rings (SSSR count). The van der Waals surface area contributed by atoms with Crippen LogP contribution < -0.4 is 5.32 Å². The molecule has 1 spiro atoms. The summed E-state index contributed by atoms with van der Waals surface area (Å²) in [7, 11) is 0. The summed E-state index contributed by atoms with van der Waals surface area (Å²) < 4.78 is 13.7. The molecule has 5 nitrogen and oxygen atoms in total. The van der Waals surface area contributed by atoms with Crippen LogP contribution in [0.1, 0.15) is 32.1 Å². The van der Waals surface area contributed by atoms with Gasteiger partial charge in [-0.25, -0.2) is 4.98 Å². The van der Waals surface area contributed by atoms with Crippen molar-refractivity contribution < 1.29 is 9.47 Å². The molecule has 1 aromatic heterocycles. The Bertz CT molecular complexity index is 382. The molecular weight excluding hydrogens is 254 g/mol. The van der Waals surface area contributed by atoms with Crippen LogP contribution in [-0.4, -0.2) is 47.6 Å². The molecule has 2 fully saturated rings. The van der Waals surface area contributed by atoms with Crippen LogP contribution in [0.4, 0.5) is 0 Å². The topological polar surface area (TPSA) is 48.3 Å². The molecule has 0 radical (unpaired) electrons. The van der Waals surface area contributed by atoms with E-state index in [0.29, 0.717) is 6.04 Å². The molecule has 0 unspecified atom stereocenters. The third kappa shape index (κ3) is 3.59. The van der Waals surface area contributed by atoms with Gasteiger partial charge in [0.15, 0.2) is 0 Å². The highest BCUT2D eigenvalue weighted by atomic mass is 16.5. The van der Waals surface area contributed by atoms with Crippen molar-refractivity contribution in [1.29, 1.82) is 0 Å². The second-order valence-electron chi connectivity index (χ2n) is 5.94. The van der Waals surface area contributed by atoms with Crippen molar-refractivity contribution in [3.8, 4) is 0 Å². The summed E-state index contributed by atoms with van der Waals surface area (Å²) in [5, 5.41) is 3.70. The van der Waals surface area contributed by atoms with E-state index >= 15 is 0 Å². The van der Waals surface area contributed by atoms with Crippen LogP contribution in [0, 0.1) is 0 Å². The maximum absolute atomic E-state index is 6.07. The van der Waals surface area contributed by atoms with E-state index in [1.165, 1.54) is 0 Å². The highest BCUT2D eigenvalue weighted by Gasteiger charge is 2.38. The number of imidazole rings is 1. The minimum atomic E-state index is 0.0957. The minimum Gasteiger partial charge on any atom is -0.381 e. The van der Waals surface area contributed by atoms with E-state index in [4.69, 9.17) is 9.47 Å². The zero-order valence-electron chi connectivity index (χ0n) is 12.1. The Balaban J connectivity index is 1.39. The molecule has 0 aromatic carbocycles. The van der Waals surface area contributed by atoms with Crippen molar-refractivity contribution in [2.75, 3.05) is 26.4 Å². The maximum Gasteiger partial charge on any atom is 0.0945 e. The first-order chi connectivity index (χ1) is 9.86. The first-order valence-electron chi connectivity index (χ1n) is 7.77. The van der Waals surface area contributed by atoms with Gasteiger partial charge in [-0.15, -0.1) is 0 Å². The standard InChI is InChI=1S/C15H25N3O2/c1(7-18-8-6-16-13-18)5-17-14-2-9-20-15(12-14)3-10-19-11-4-15/h6,8,13-14,17H,1-5,7,9-12H2/t14-/m1/s1. The van der Waals surface area contributed by atoms with E-state index < -0.39 is 0 Å². The van der Waals surface area contributed by atoms with Gasteiger partial charge in [0.2, 0.25) is 0 Å². The zero-order chi connectivity index (χ0) is 13.7. The van der Waals surface area contributed by atoms with Crippen LogP contribution in [0.2, 0.25) is 0 Å². The highest BCUT2D eigenvalue weighted by molar-refractivity contribution is 4.91. The van der Waals surface area contributed by atoms with Crippen LogP contribution in [-0.2, 0) is 16.0 Å². The van der Waals surface area contributed by atoms with E-state index in [1.807, 2.05) is 18.7 Å². The van der Waals surface area contributed by atoms with Crippen molar-refractivity contribution in [1.82, 2.24) is 14.9 Å². The molecule has 1 aromatic rings. The van der Waals surface area contributed by atoms with Crippen LogP contribution in [0.25, 0.3) is 0 Å². The first kappa shape index (κ1) is 14.0. The predicted octanol–water partition coefficient (Wildman–Crippen LogP) is 1.59. The van der Waals surface area contributed by atoms with Crippen molar-refractivity contribution in [2.24, 2.45) is 0 Å². The number of aryl methyl sites for hydroxylation is 1. The van der Waals surface area contributed by atoms with Gasteiger partial charge in [-0.3, -0.25) is 0 Å². The molecule has 112 valence electrons. The van der Waals surface area contributed by atoms with Crippen molar-refractivity contribution in [2.45, 2.75) is 50.3 Å². The van der Waals surface area contributed by atoms with Crippen LogP contribution in [0.15, 0.2) is 18.7 Å². The average molecular weight is 279 g/mol. The number of hydrogen-bond donors (Lipinski definition) is 1. The van der Waals surface area contributed by atoms with Crippen molar-refractivity contribution in [3.05, 3.63) is 18.7 Å². The summed E-state index contributed by atoms with van der Waals surface area (Å²) in [6.07, 6.45) is 11.3. The van der Waals surface area contributed by atoms with E-state index in [9.17, 15) is 0 Å². The van der Waals surface area contributed by atoms with Gasteiger partial charge in [0, 0.05) is 44.8 Å². The summed E-state index contributed by atoms with van der Waals surface area (Å²) in [6, 6.07) is 0.602. The third-order valence-corrected chi connectivity index (χ3v) is 4.48. The summed E-state index contributed by atoms with van der Waals surface area (Å²) in [5.41, 5.74) is 0.0957. The summed E-state index contributed by atoms with van der Waals surface area (Å²) in [6.45, 7) is 4.70. The molecule has 0 amide bonds. The van der Waals surface area contributed by atoms with E-state index in [0.717, 1.165) is 65.0 Å². The van der Waals surface area contributed by atoms with Gasteiger partial charge in [0.1, 0.15) is 0 Å². The van der Waals surface area contributed by atoms with Gasteiger partial charge < -0.3 is 19.4 Å². The molecule has 5 heteroatoms. The molecule has 0 aliphatic carbocycles. The molecule has 0 saturated carbocycles. The second-order valence-corrected chi connectivity index (χ2v) is 5.94. The molecule has 2 saturated heterocycles. The summed E-state index contributed by atoms with van der Waals surface area (Å²) in [5.74, 6) is 0. The molecule has 20 heavy (non-hydrogen) atoms. The van der Waals surface area contributed by atoms with Crippen LogP contribution in [0.5, 0.6) is 0 Å². The van der Waals surface area contributed by atoms with Gasteiger partial charge in [-0.1, -0.05) is 0 Å². The quantitative estimate of drug-likeness (QED) is 0.832. The van der Waals surface area contributed by atoms with Crippen LogP contribution >= 0.6 is 0 Å². The lowest BCUT2D eigenvalue weighted by molar-refractivity contribution is -0.140. The number of hydrogen-bond acceptors (Lipinski definition) is 4. The van der Waals surface area contributed by atoms with Gasteiger partial charge in [-0.05, 0) is 38.6 Å². The fraction of sp³-hybridized carbons (Fsp3) is 0.800. The predicted molar refractivity (Wildman–Crippen MR) is 76.6 cm³/mol. The van der Waals surface area contributed by atoms with Crippen molar-refractivity contribution in [3.63, 3.8) is 0 Å². The monoisotopic (exact) mass is 279 g/mol. The SMILES string of the molecule is c1cn(CCCN[C@@H]2CCOC3(CCOCC3)C2)cn1. The lowest BCUT2D eigenvalue weighted by atomic mass is 9.84. The summed E-state index contributed by atoms with van der Waals surface area (Å²) in [4.78, 5) is 4.06. The number of nitrogens with zero attached hydrogens (tertiary/aromatic N) is 2. The van der Waals surface area contributed by atoms with E-state index in [-0.39, 0.29) is 5.60 Å². The summed E-state index contributed by atoms with van der Waals surface area (Å²) >= 11 is 0. The van der Waals surface area contributed by atoms with Gasteiger partial charge in [0.05, 0.1) is 11.9 Å². The van der Waals surface area contributed by atoms with Gasteiger partial charge in [-0.2, -0.15) is 0 Å². The average Bonchev–Trinajstić information content (AvgIpc) is 2.98. The first-order valence-corrected chi connectivity index (χ1v) is 7.77. The Labute approximate surface area is 120 Å². The van der Waals surface area contributed by atoms with E-state index in [2.05, 4.69) is 14.9 Å². The number of rotatable bonds is 5. The number of nitrogens with one attached hydrogen (secondary N) is 1. The van der Waals surface area contributed by atoms with E-state index in [1.54, 1.807) is 0 Å². The molecule has 2 aliphatic rings. The lowest BCUT2D eigenvalue weighted by Gasteiger charge is -2.43. The molecular formula is C15H25N3O2. The smallest absolute Gasteiger partial charge is 0.0945 e. The third-order valence-electron chi connectivity index (χ3n) is 4.48. The molecule has 2 aliphatic heterocycles. The van der Waals surface area contributed by atoms with Crippen molar-refractivity contribution >= 4 is 0 Å². The Morgan fingerprint density at radius 2 is 2.20 bits per heavy atom. The minimum absolute atomic E-state index is 0.0957. The fourth-order valence-electron chi connectivity index (χ4n) is 3.28. The molecule has 3 heterocycles. The molecule has 0 bridgehead atoms. The Morgan fingerprint density at radius 1 is 1.30 bits per heavy atom. The Kier molecular flexibility index (Phi) is 4.70. The molecule has 1 atom stereocenters.